The monoisotopic (exact) mass is 1240 g/mol. The number of phosphoric acid groups is 1. The van der Waals surface area contributed by atoms with Crippen LogP contribution in [-0.2, 0) is 32.7 Å². The molecule has 0 heterocycles. The molecule has 0 spiro atoms. The lowest BCUT2D eigenvalue weighted by molar-refractivity contribution is -0.161. The van der Waals surface area contributed by atoms with Crippen LogP contribution in [0.1, 0.15) is 348 Å². The van der Waals surface area contributed by atoms with E-state index >= 15 is 0 Å². The molecule has 0 radical (unpaired) electrons. The molecule has 0 rings (SSSR count). The van der Waals surface area contributed by atoms with Gasteiger partial charge >= 0.3 is 19.8 Å². The summed E-state index contributed by atoms with van der Waals surface area (Å²) in [6, 6.07) is 0. The van der Waals surface area contributed by atoms with Crippen molar-refractivity contribution in [2.45, 2.75) is 354 Å². The highest BCUT2D eigenvalue weighted by atomic mass is 31.2. The van der Waals surface area contributed by atoms with Crippen LogP contribution in [0.15, 0.2) is 97.2 Å². The maximum atomic E-state index is 12.8. The molecule has 9 nitrogen and oxygen atoms in total. The van der Waals surface area contributed by atoms with Crippen molar-refractivity contribution in [3.63, 3.8) is 0 Å². The molecule has 2 atom stereocenters. The minimum Gasteiger partial charge on any atom is -0.462 e. The third-order valence-corrected chi connectivity index (χ3v) is 16.9. The average Bonchev–Trinajstić information content (AvgIpc) is 3.55. The van der Waals surface area contributed by atoms with E-state index in [0.29, 0.717) is 6.42 Å². The summed E-state index contributed by atoms with van der Waals surface area (Å²) in [6.45, 7) is 3.57. The number of carbonyl (C=O) groups is 2. The van der Waals surface area contributed by atoms with E-state index in [1.165, 1.54) is 231 Å². The summed E-state index contributed by atoms with van der Waals surface area (Å²) in [4.78, 5) is 35.4. The molecule has 0 bridgehead atoms. The Kier molecular flexibility index (Phi) is 69.5. The lowest BCUT2D eigenvalue weighted by Crippen LogP contribution is -2.29. The summed E-state index contributed by atoms with van der Waals surface area (Å²) < 4.78 is 33.2. The number of esters is 2. The van der Waals surface area contributed by atoms with Gasteiger partial charge in [0.2, 0.25) is 0 Å². The zero-order valence-electron chi connectivity index (χ0n) is 56.7. The van der Waals surface area contributed by atoms with Gasteiger partial charge in [0, 0.05) is 19.4 Å². The fourth-order valence-electron chi connectivity index (χ4n) is 10.6. The molecule has 0 aromatic heterocycles. The summed E-state index contributed by atoms with van der Waals surface area (Å²) in [5.74, 6) is -0.811. The second-order valence-corrected chi connectivity index (χ2v) is 25.9. The number of rotatable bonds is 69. The fourth-order valence-corrected chi connectivity index (χ4v) is 11.4. The van der Waals surface area contributed by atoms with Gasteiger partial charge in [-0.15, -0.1) is 0 Å². The van der Waals surface area contributed by atoms with Crippen LogP contribution in [0.5, 0.6) is 0 Å². The van der Waals surface area contributed by atoms with Crippen LogP contribution in [0.2, 0.25) is 0 Å². The van der Waals surface area contributed by atoms with Gasteiger partial charge < -0.3 is 20.1 Å². The molecule has 504 valence electrons. The molecular formula is C77H138NO8P. The molecule has 0 aliphatic carbocycles. The molecule has 0 saturated carbocycles. The summed E-state index contributed by atoms with van der Waals surface area (Å²) in [5.41, 5.74) is 5.41. The van der Waals surface area contributed by atoms with E-state index in [4.69, 9.17) is 24.3 Å². The van der Waals surface area contributed by atoms with E-state index in [-0.39, 0.29) is 38.6 Å². The van der Waals surface area contributed by atoms with Crippen molar-refractivity contribution in [2.75, 3.05) is 26.4 Å². The average molecular weight is 1240 g/mol. The highest BCUT2D eigenvalue weighted by Crippen LogP contribution is 2.43. The summed E-state index contributed by atoms with van der Waals surface area (Å²) in [6.07, 6.45) is 98.0. The van der Waals surface area contributed by atoms with Crippen LogP contribution in [0.25, 0.3) is 0 Å². The first kappa shape index (κ1) is 83.9. The van der Waals surface area contributed by atoms with Crippen molar-refractivity contribution in [2.24, 2.45) is 5.73 Å². The first-order valence-corrected chi connectivity index (χ1v) is 38.2. The standard InChI is InChI=1S/C77H138NO8P/c1-3-5-7-9-11-13-15-17-19-21-23-25-27-29-31-33-35-37-39-41-43-45-47-49-51-53-55-57-59-61-63-65-67-69-76(79)83-73-75(74-85-87(81,82)84-72-71-78)86-77(80)70-68-66-64-62-60-58-56-54-52-50-48-46-44-42-40-38-36-34-32-30-28-26-24-22-20-18-16-14-12-10-8-6-4-2/h5-8,11-14,17-20,23-26,75H,3-4,9-10,15-16,21-22,27-74,78H2,1-2H3,(H,81,82)/b7-5-,8-6-,13-11-,14-12-,19-17-,20-18-,25-23-,26-24-. The van der Waals surface area contributed by atoms with Gasteiger partial charge in [-0.3, -0.25) is 18.6 Å². The van der Waals surface area contributed by atoms with Crippen LogP contribution >= 0.6 is 7.82 Å². The number of hydrogen-bond donors (Lipinski definition) is 2. The number of unbranched alkanes of at least 4 members (excludes halogenated alkanes) is 40. The summed E-state index contributed by atoms with van der Waals surface area (Å²) >= 11 is 0. The van der Waals surface area contributed by atoms with Crippen LogP contribution in [0.4, 0.5) is 0 Å². The quantitative estimate of drug-likeness (QED) is 0.0264. The third-order valence-electron chi connectivity index (χ3n) is 16.0. The van der Waals surface area contributed by atoms with E-state index in [1.54, 1.807) is 0 Å². The second kappa shape index (κ2) is 72.0. The topological polar surface area (TPSA) is 134 Å². The van der Waals surface area contributed by atoms with Gasteiger partial charge in [-0.2, -0.15) is 0 Å². The summed E-state index contributed by atoms with van der Waals surface area (Å²) in [7, 11) is -4.40. The Bertz CT molecular complexity index is 1750. The first-order chi connectivity index (χ1) is 42.8. The molecule has 0 aliphatic heterocycles. The van der Waals surface area contributed by atoms with Crippen molar-refractivity contribution >= 4 is 19.8 Å². The highest BCUT2D eigenvalue weighted by Gasteiger charge is 2.26. The number of allylic oxidation sites excluding steroid dienone is 16. The molecule has 87 heavy (non-hydrogen) atoms. The molecule has 0 amide bonds. The van der Waals surface area contributed by atoms with E-state index in [9.17, 15) is 19.0 Å². The number of hydrogen-bond acceptors (Lipinski definition) is 8. The maximum absolute atomic E-state index is 12.8. The van der Waals surface area contributed by atoms with Crippen molar-refractivity contribution < 1.29 is 37.6 Å². The fraction of sp³-hybridized carbons (Fsp3) is 0.766. The van der Waals surface area contributed by atoms with E-state index in [2.05, 4.69) is 111 Å². The van der Waals surface area contributed by atoms with Gasteiger partial charge in [-0.1, -0.05) is 342 Å². The van der Waals surface area contributed by atoms with Crippen molar-refractivity contribution in [1.29, 1.82) is 0 Å². The molecule has 3 N–H and O–H groups in total. The lowest BCUT2D eigenvalue weighted by atomic mass is 10.0. The molecule has 0 aromatic carbocycles. The second-order valence-electron chi connectivity index (χ2n) is 24.4. The van der Waals surface area contributed by atoms with Crippen molar-refractivity contribution in [3.8, 4) is 0 Å². The van der Waals surface area contributed by atoms with E-state index in [0.717, 1.165) is 83.5 Å². The summed E-state index contributed by atoms with van der Waals surface area (Å²) in [5, 5.41) is 0. The van der Waals surface area contributed by atoms with E-state index < -0.39 is 26.5 Å². The SMILES string of the molecule is CC/C=C\C/C=C\C/C=C\C/C=C\CCCCCCCCCCCCCCCCCCCCCCC(=O)OCC(COP(=O)(O)OCCN)OC(=O)CCCCCCCCCCCCCCCCCCCCCC/C=C\C/C=C\C/C=C\C/C=C\CC. The van der Waals surface area contributed by atoms with Crippen molar-refractivity contribution in [1.82, 2.24) is 0 Å². The van der Waals surface area contributed by atoms with Gasteiger partial charge in [-0.25, -0.2) is 4.57 Å². The highest BCUT2D eigenvalue weighted by molar-refractivity contribution is 7.47. The number of phosphoric ester groups is 1. The molecule has 0 aromatic rings. The largest absolute Gasteiger partial charge is 0.472 e. The third kappa shape index (κ3) is 71.9. The Morgan fingerprint density at radius 1 is 0.345 bits per heavy atom. The Balaban J connectivity index is 3.81. The van der Waals surface area contributed by atoms with Crippen LogP contribution in [-0.4, -0.2) is 49.3 Å². The van der Waals surface area contributed by atoms with Gasteiger partial charge in [0.15, 0.2) is 6.10 Å². The Morgan fingerprint density at radius 2 is 0.598 bits per heavy atom. The Morgan fingerprint density at radius 3 is 0.885 bits per heavy atom. The van der Waals surface area contributed by atoms with Crippen LogP contribution < -0.4 is 5.73 Å². The minimum atomic E-state index is -4.40. The number of ether oxygens (including phenoxy) is 2. The van der Waals surface area contributed by atoms with Crippen LogP contribution in [0.3, 0.4) is 0 Å². The molecular weight excluding hydrogens is 1100 g/mol. The minimum absolute atomic E-state index is 0.0531. The Hall–Kier alpha value is -3.07. The molecule has 2 unspecified atom stereocenters. The smallest absolute Gasteiger partial charge is 0.462 e. The number of carbonyl (C=O) groups excluding carboxylic acids is 2. The van der Waals surface area contributed by atoms with E-state index in [1.807, 2.05) is 0 Å². The lowest BCUT2D eigenvalue weighted by Gasteiger charge is -2.19. The normalized spacial score (nSPS) is 13.5. The maximum Gasteiger partial charge on any atom is 0.472 e. The number of nitrogens with two attached hydrogens (primary N) is 1. The van der Waals surface area contributed by atoms with Gasteiger partial charge in [0.25, 0.3) is 0 Å². The first-order valence-electron chi connectivity index (χ1n) is 36.7. The Labute approximate surface area is 537 Å². The predicted molar refractivity (Wildman–Crippen MR) is 376 cm³/mol. The molecule has 0 saturated heterocycles. The van der Waals surface area contributed by atoms with Gasteiger partial charge in [0.1, 0.15) is 6.61 Å². The molecule has 0 fully saturated rings. The zero-order valence-corrected chi connectivity index (χ0v) is 57.6. The predicted octanol–water partition coefficient (Wildman–Crippen LogP) is 24.3. The van der Waals surface area contributed by atoms with Gasteiger partial charge in [-0.05, 0) is 89.9 Å². The van der Waals surface area contributed by atoms with Gasteiger partial charge in [0.05, 0.1) is 13.2 Å². The van der Waals surface area contributed by atoms with Crippen LogP contribution in [0, 0.1) is 0 Å². The van der Waals surface area contributed by atoms with Crippen molar-refractivity contribution in [3.05, 3.63) is 97.2 Å². The zero-order chi connectivity index (χ0) is 63.0. The molecule has 0 aliphatic rings. The molecule has 10 heteroatoms.